The zero-order valence-electron chi connectivity index (χ0n) is 30.6. The Morgan fingerprint density at radius 2 is 1.57 bits per heavy atom. The summed E-state index contributed by atoms with van der Waals surface area (Å²) >= 11 is 0. The van der Waals surface area contributed by atoms with Crippen LogP contribution in [0.4, 0.5) is 17.1 Å². The van der Waals surface area contributed by atoms with Crippen LogP contribution in [0.25, 0.3) is 11.1 Å². The minimum Gasteiger partial charge on any atom is -0.495 e. The number of fused-ring (bicyclic) bond motifs is 1. The molecule has 4 saturated heterocycles. The highest BCUT2D eigenvalue weighted by molar-refractivity contribution is 6.23. The normalized spacial score (nSPS) is 22.5. The maximum Gasteiger partial charge on any atom is 0.262 e. The van der Waals surface area contributed by atoms with Crippen molar-refractivity contribution in [2.45, 2.75) is 50.6 Å². The topological polar surface area (TPSA) is 150 Å². The summed E-state index contributed by atoms with van der Waals surface area (Å²) < 4.78 is 7.42. The number of nitrogens with zero attached hydrogens (tertiary/aromatic N) is 7. The number of aryl methyl sites for hydroxylation is 1. The molecule has 4 amide bonds. The van der Waals surface area contributed by atoms with Crippen LogP contribution in [-0.4, -0.2) is 126 Å². The number of piperidine rings is 3. The van der Waals surface area contributed by atoms with Gasteiger partial charge in [0.05, 0.1) is 30.1 Å². The van der Waals surface area contributed by atoms with Crippen molar-refractivity contribution < 1.29 is 23.9 Å². The third-order valence-electron chi connectivity index (χ3n) is 12.0. The second kappa shape index (κ2) is 14.5. The maximum atomic E-state index is 13.3. The average Bonchev–Trinajstić information content (AvgIpc) is 3.71. The Hall–Kier alpha value is -4.95. The molecule has 1 unspecified atom stereocenters. The number of ether oxygens (including phenoxy) is 1. The lowest BCUT2D eigenvalue weighted by Crippen LogP contribution is -2.54. The van der Waals surface area contributed by atoms with E-state index in [0.29, 0.717) is 34.5 Å². The lowest BCUT2D eigenvalue weighted by molar-refractivity contribution is -0.136. The van der Waals surface area contributed by atoms with Gasteiger partial charge in [-0.25, -0.2) is 0 Å². The summed E-state index contributed by atoms with van der Waals surface area (Å²) in [6.45, 7) is 8.95. The van der Waals surface area contributed by atoms with E-state index in [1.165, 1.54) is 12.8 Å². The van der Waals surface area contributed by atoms with E-state index in [1.807, 2.05) is 36.3 Å². The van der Waals surface area contributed by atoms with E-state index in [0.717, 1.165) is 99.1 Å². The lowest BCUT2D eigenvalue weighted by atomic mass is 9.92. The van der Waals surface area contributed by atoms with Gasteiger partial charge in [0.15, 0.2) is 0 Å². The largest absolute Gasteiger partial charge is 0.495 e. The molecule has 5 aliphatic rings. The highest BCUT2D eigenvalue weighted by atomic mass is 16.5. The molecule has 0 saturated carbocycles. The van der Waals surface area contributed by atoms with Gasteiger partial charge in [-0.3, -0.25) is 39.0 Å². The number of nitrogen functional groups attached to an aromatic ring is 1. The van der Waals surface area contributed by atoms with Gasteiger partial charge in [-0.1, -0.05) is 0 Å². The molecule has 6 heterocycles. The number of benzene rings is 2. The lowest BCUT2D eigenvalue weighted by Gasteiger charge is -2.44. The van der Waals surface area contributed by atoms with Crippen LogP contribution >= 0.6 is 0 Å². The Kier molecular flexibility index (Phi) is 9.58. The fraction of sp³-hybridized carbons (Fsp3) is 0.513. The SMILES string of the molecule is COc1cc(N2CCC(N3CCC(CN4CCN(c5ccc6c(c5)C(=O)N(C5CCC(=O)NC5=O)C6=O)CC4)CC3)CC2)c(-c2cnn(C)c2)cc1N. The highest BCUT2D eigenvalue weighted by Crippen LogP contribution is 2.40. The average molecular weight is 724 g/mol. The fourth-order valence-corrected chi connectivity index (χ4v) is 9.00. The van der Waals surface area contributed by atoms with E-state index in [9.17, 15) is 19.2 Å². The van der Waals surface area contributed by atoms with E-state index in [1.54, 1.807) is 19.2 Å². The summed E-state index contributed by atoms with van der Waals surface area (Å²) in [6, 6.07) is 9.14. The molecule has 0 bridgehead atoms. The predicted octanol–water partition coefficient (Wildman–Crippen LogP) is 2.58. The standard InChI is InChI=1S/C39H49N9O5/c1-43-24-26(22-41-43)30-20-32(40)35(53-2)21-34(30)47-13-9-27(10-14-47)45-11-7-25(8-12-45)23-44-15-17-46(18-16-44)28-3-4-29-31(19-28)39(52)48(38(29)51)33-5-6-36(49)42-37(33)50/h3-4,19-22,24-25,27,33H,5-18,23,40H2,1-2H3,(H,42,49,50). The second-order valence-corrected chi connectivity index (χ2v) is 15.2. The van der Waals surface area contributed by atoms with E-state index >= 15 is 0 Å². The van der Waals surface area contributed by atoms with Crippen LogP contribution in [-0.2, 0) is 16.6 Å². The number of nitrogens with two attached hydrogens (primary N) is 1. The van der Waals surface area contributed by atoms with Gasteiger partial charge in [0.1, 0.15) is 11.8 Å². The number of likely N-dealkylation sites (tertiary alicyclic amines) is 1. The number of carbonyl (C=O) groups is 4. The molecule has 5 aliphatic heterocycles. The van der Waals surface area contributed by atoms with Crippen LogP contribution in [0.5, 0.6) is 5.75 Å². The molecule has 1 aromatic heterocycles. The van der Waals surface area contributed by atoms with Gasteiger partial charge in [0.25, 0.3) is 11.8 Å². The molecule has 0 spiro atoms. The van der Waals surface area contributed by atoms with Crippen LogP contribution in [0.2, 0.25) is 0 Å². The van der Waals surface area contributed by atoms with Crippen LogP contribution in [0.3, 0.4) is 0 Å². The van der Waals surface area contributed by atoms with Crippen LogP contribution in [0.15, 0.2) is 42.7 Å². The summed E-state index contributed by atoms with van der Waals surface area (Å²) in [5.41, 5.74) is 11.8. The van der Waals surface area contributed by atoms with E-state index in [-0.39, 0.29) is 18.7 Å². The van der Waals surface area contributed by atoms with Crippen molar-refractivity contribution in [1.82, 2.24) is 29.8 Å². The third kappa shape index (κ3) is 6.85. The number of anilines is 3. The zero-order chi connectivity index (χ0) is 36.8. The van der Waals surface area contributed by atoms with Crippen molar-refractivity contribution in [1.29, 1.82) is 0 Å². The second-order valence-electron chi connectivity index (χ2n) is 15.2. The fourth-order valence-electron chi connectivity index (χ4n) is 9.00. The van der Waals surface area contributed by atoms with E-state index in [4.69, 9.17) is 10.5 Å². The minimum atomic E-state index is -0.954. The number of methoxy groups -OCH3 is 1. The van der Waals surface area contributed by atoms with Crippen molar-refractivity contribution in [2.75, 3.05) is 81.5 Å². The van der Waals surface area contributed by atoms with Crippen molar-refractivity contribution >= 4 is 40.7 Å². The van der Waals surface area contributed by atoms with Crippen molar-refractivity contribution in [2.24, 2.45) is 13.0 Å². The Morgan fingerprint density at radius 3 is 2.25 bits per heavy atom. The summed E-state index contributed by atoms with van der Waals surface area (Å²) in [7, 11) is 3.60. The number of rotatable bonds is 8. The number of imide groups is 2. The number of carbonyl (C=O) groups excluding carboxylic acids is 4. The van der Waals surface area contributed by atoms with Gasteiger partial charge in [-0.05, 0) is 75.4 Å². The van der Waals surface area contributed by atoms with Gasteiger partial charge >= 0.3 is 0 Å². The zero-order valence-corrected chi connectivity index (χ0v) is 30.6. The third-order valence-corrected chi connectivity index (χ3v) is 12.0. The summed E-state index contributed by atoms with van der Waals surface area (Å²) in [6.07, 6.45) is 8.87. The number of hydrogen-bond donors (Lipinski definition) is 2. The highest BCUT2D eigenvalue weighted by Gasteiger charge is 2.45. The first-order valence-electron chi connectivity index (χ1n) is 18.9. The minimum absolute atomic E-state index is 0.107. The number of nitrogens with one attached hydrogen (secondary N) is 1. The van der Waals surface area contributed by atoms with Gasteiger partial charge in [-0.2, -0.15) is 5.10 Å². The first kappa shape index (κ1) is 35.1. The Bertz CT molecular complexity index is 1900. The molecule has 14 nitrogen and oxygen atoms in total. The van der Waals surface area contributed by atoms with E-state index < -0.39 is 23.8 Å². The number of amides is 4. The molecule has 1 atom stereocenters. The molecule has 8 rings (SSSR count). The smallest absolute Gasteiger partial charge is 0.262 e. The quantitative estimate of drug-likeness (QED) is 0.261. The number of aromatic nitrogens is 2. The van der Waals surface area contributed by atoms with E-state index in [2.05, 4.69) is 36.1 Å². The summed E-state index contributed by atoms with van der Waals surface area (Å²) in [5.74, 6) is -0.515. The van der Waals surface area contributed by atoms with Gasteiger partial charge < -0.3 is 25.2 Å². The molecule has 14 heteroatoms. The van der Waals surface area contributed by atoms with Crippen LogP contribution < -0.4 is 25.6 Å². The van der Waals surface area contributed by atoms with Crippen molar-refractivity contribution in [3.8, 4) is 16.9 Å². The van der Waals surface area contributed by atoms with Crippen molar-refractivity contribution in [3.05, 3.63) is 53.9 Å². The monoisotopic (exact) mass is 723 g/mol. The molecule has 3 aromatic rings. The van der Waals surface area contributed by atoms with Crippen LogP contribution in [0, 0.1) is 5.92 Å². The molecule has 2 aromatic carbocycles. The molecular formula is C39H49N9O5. The molecule has 0 aliphatic carbocycles. The first-order chi connectivity index (χ1) is 25.7. The summed E-state index contributed by atoms with van der Waals surface area (Å²) in [4.78, 5) is 61.6. The molecule has 280 valence electrons. The van der Waals surface area contributed by atoms with Crippen LogP contribution in [0.1, 0.15) is 59.2 Å². The Labute approximate surface area is 309 Å². The molecular weight excluding hydrogens is 674 g/mol. The predicted molar refractivity (Wildman–Crippen MR) is 201 cm³/mol. The molecule has 53 heavy (non-hydrogen) atoms. The Morgan fingerprint density at radius 1 is 0.830 bits per heavy atom. The van der Waals surface area contributed by atoms with Gasteiger partial charge in [0.2, 0.25) is 11.8 Å². The number of hydrogen-bond acceptors (Lipinski definition) is 11. The van der Waals surface area contributed by atoms with Crippen molar-refractivity contribution in [3.63, 3.8) is 0 Å². The Balaban J connectivity index is 0.806. The first-order valence-corrected chi connectivity index (χ1v) is 18.9. The molecule has 0 radical (unpaired) electrons. The number of piperazine rings is 1. The molecule has 4 fully saturated rings. The molecule has 3 N–H and O–H groups in total. The summed E-state index contributed by atoms with van der Waals surface area (Å²) in [5, 5.41) is 6.65. The maximum absolute atomic E-state index is 13.3. The van der Waals surface area contributed by atoms with Gasteiger partial charge in [-0.15, -0.1) is 0 Å². The van der Waals surface area contributed by atoms with Gasteiger partial charge in [0, 0.05) is 100 Å².